The van der Waals surface area contributed by atoms with Gasteiger partial charge in [-0.2, -0.15) is 13.2 Å². The van der Waals surface area contributed by atoms with Crippen LogP contribution in [0, 0.1) is 0 Å². The minimum atomic E-state index is -4.41. The lowest BCUT2D eigenvalue weighted by Gasteiger charge is -2.08. The molecule has 28 heavy (non-hydrogen) atoms. The van der Waals surface area contributed by atoms with Crippen molar-refractivity contribution in [1.82, 2.24) is 4.90 Å². The number of cyclic esters (lactones) is 1. The molecule has 2 amide bonds. The predicted molar refractivity (Wildman–Crippen MR) is 99.2 cm³/mol. The molecule has 0 bridgehead atoms. The minimum absolute atomic E-state index is 0.0824. The summed E-state index contributed by atoms with van der Waals surface area (Å²) in [5.41, 5.74) is 0.427. The molecule has 0 saturated carbocycles. The van der Waals surface area contributed by atoms with Crippen molar-refractivity contribution in [3.05, 3.63) is 77.4 Å². The highest BCUT2D eigenvalue weighted by atomic mass is 19.4. The maximum Gasteiger partial charge on any atom is 0.417 e. The number of halogens is 3. The number of amides is 2. The number of hydrogen-bond acceptors (Lipinski definition) is 3. The molecule has 148 valence electrons. The van der Waals surface area contributed by atoms with E-state index in [1.54, 1.807) is 24.3 Å². The van der Waals surface area contributed by atoms with Gasteiger partial charge in [-0.05, 0) is 29.3 Å². The van der Waals surface area contributed by atoms with E-state index >= 15 is 0 Å². The Labute approximate surface area is 161 Å². The van der Waals surface area contributed by atoms with Crippen LogP contribution in [0.3, 0.4) is 0 Å². The number of carbonyl (C=O) groups excluding carboxylic acids is 2. The van der Waals surface area contributed by atoms with Crippen molar-refractivity contribution in [3.8, 4) is 0 Å². The van der Waals surface area contributed by atoms with Crippen LogP contribution < -0.4 is 0 Å². The third-order valence-corrected chi connectivity index (χ3v) is 3.91. The Balaban J connectivity index is 0.00000136. The first kappa shape index (κ1) is 21.2. The fraction of sp³-hybridized carbons (Fsp3) is 0.238. The second-order valence-electron chi connectivity index (χ2n) is 5.69. The van der Waals surface area contributed by atoms with Gasteiger partial charge >= 0.3 is 12.3 Å². The van der Waals surface area contributed by atoms with Crippen molar-refractivity contribution in [2.24, 2.45) is 0 Å². The van der Waals surface area contributed by atoms with Crippen molar-refractivity contribution in [3.63, 3.8) is 0 Å². The largest absolute Gasteiger partial charge is 0.439 e. The Bertz CT molecular complexity index is 830. The van der Waals surface area contributed by atoms with Gasteiger partial charge in [0.25, 0.3) is 5.91 Å². The van der Waals surface area contributed by atoms with E-state index < -0.39 is 29.8 Å². The van der Waals surface area contributed by atoms with E-state index in [0.717, 1.165) is 28.7 Å². The molecular weight excluding hydrogens is 371 g/mol. The van der Waals surface area contributed by atoms with Crippen LogP contribution in [0.15, 0.2) is 60.7 Å². The van der Waals surface area contributed by atoms with Gasteiger partial charge in [0.05, 0.1) is 12.1 Å². The molecule has 1 fully saturated rings. The third kappa shape index (κ3) is 5.22. The van der Waals surface area contributed by atoms with Crippen LogP contribution in [-0.4, -0.2) is 23.4 Å². The van der Waals surface area contributed by atoms with Crippen LogP contribution in [0.25, 0.3) is 6.08 Å². The maximum absolute atomic E-state index is 12.5. The molecule has 2 aromatic carbocycles. The van der Waals surface area contributed by atoms with Gasteiger partial charge in [0.2, 0.25) is 0 Å². The molecule has 1 saturated heterocycles. The Morgan fingerprint density at radius 2 is 1.68 bits per heavy atom. The fourth-order valence-corrected chi connectivity index (χ4v) is 2.52. The van der Waals surface area contributed by atoms with Crippen LogP contribution in [-0.2, 0) is 15.7 Å². The van der Waals surface area contributed by atoms with E-state index in [9.17, 15) is 22.8 Å². The highest BCUT2D eigenvalue weighted by Crippen LogP contribution is 2.29. The number of imide groups is 1. The van der Waals surface area contributed by atoms with Crippen LogP contribution in [0.2, 0.25) is 0 Å². The van der Waals surface area contributed by atoms with Gasteiger partial charge in [0.15, 0.2) is 0 Å². The third-order valence-electron chi connectivity index (χ3n) is 3.91. The quantitative estimate of drug-likeness (QED) is 0.653. The minimum Gasteiger partial charge on any atom is -0.439 e. The van der Waals surface area contributed by atoms with Crippen LogP contribution in [0.5, 0.6) is 0 Å². The molecule has 0 unspecified atom stereocenters. The first-order valence-electron chi connectivity index (χ1n) is 8.77. The summed E-state index contributed by atoms with van der Waals surface area (Å²) in [6, 6.07) is 13.4. The summed E-state index contributed by atoms with van der Waals surface area (Å²) < 4.78 is 42.8. The Kier molecular flexibility index (Phi) is 6.98. The zero-order valence-electron chi connectivity index (χ0n) is 15.4. The van der Waals surface area contributed by atoms with E-state index in [0.29, 0.717) is 5.56 Å². The molecule has 0 aromatic heterocycles. The predicted octanol–water partition coefficient (Wildman–Crippen LogP) is 5.46. The van der Waals surface area contributed by atoms with E-state index in [1.165, 1.54) is 18.2 Å². The molecule has 0 aliphatic carbocycles. The van der Waals surface area contributed by atoms with Gasteiger partial charge in [-0.3, -0.25) is 4.79 Å². The van der Waals surface area contributed by atoms with Crippen LogP contribution in [0.4, 0.5) is 18.0 Å². The van der Waals surface area contributed by atoms with E-state index in [4.69, 9.17) is 4.74 Å². The van der Waals surface area contributed by atoms with Crippen LogP contribution in [0.1, 0.15) is 36.6 Å². The lowest BCUT2D eigenvalue weighted by atomic mass is 10.1. The molecule has 0 spiro atoms. The second-order valence-corrected chi connectivity index (χ2v) is 5.69. The highest BCUT2D eigenvalue weighted by molar-refractivity contribution is 6.01. The van der Waals surface area contributed by atoms with Gasteiger partial charge in [-0.25, -0.2) is 9.69 Å². The molecule has 7 heteroatoms. The average Bonchev–Trinajstić information content (AvgIpc) is 3.10. The SMILES string of the molecule is CC.O=C(/C=C/c1ccc(C(F)(F)F)cc1)N1C[C@H](c2ccccc2)OC1=O. The topological polar surface area (TPSA) is 46.6 Å². The monoisotopic (exact) mass is 391 g/mol. The van der Waals surface area contributed by atoms with Crippen molar-refractivity contribution < 1.29 is 27.5 Å². The van der Waals surface area contributed by atoms with Gasteiger partial charge in [-0.1, -0.05) is 56.3 Å². The smallest absolute Gasteiger partial charge is 0.417 e. The van der Waals surface area contributed by atoms with Crippen molar-refractivity contribution >= 4 is 18.1 Å². The van der Waals surface area contributed by atoms with Crippen molar-refractivity contribution in [2.75, 3.05) is 6.54 Å². The molecule has 4 nitrogen and oxygen atoms in total. The number of hydrogen-bond donors (Lipinski definition) is 0. The highest BCUT2D eigenvalue weighted by Gasteiger charge is 2.35. The molecule has 3 rings (SSSR count). The first-order valence-corrected chi connectivity index (χ1v) is 8.77. The standard InChI is InChI=1S/C19H14F3NO3.C2H6/c20-19(21,22)15-9-6-13(7-10-15)8-11-17(24)23-12-16(26-18(23)25)14-4-2-1-3-5-14;1-2/h1-11,16H,12H2;1-2H3/b11-8+;/t16-;/m1./s1. The average molecular weight is 391 g/mol. The Morgan fingerprint density at radius 3 is 2.25 bits per heavy atom. The number of carbonyl (C=O) groups is 2. The summed E-state index contributed by atoms with van der Waals surface area (Å²) in [5, 5.41) is 0. The molecule has 1 aliphatic heterocycles. The molecule has 0 radical (unpaired) electrons. The van der Waals surface area contributed by atoms with Gasteiger partial charge in [-0.15, -0.1) is 0 Å². The molecule has 0 N–H and O–H groups in total. The first-order chi connectivity index (χ1) is 13.3. The number of alkyl halides is 3. The maximum atomic E-state index is 12.5. The normalized spacial score (nSPS) is 16.5. The van der Waals surface area contributed by atoms with Crippen LogP contribution >= 0.6 is 0 Å². The lowest BCUT2D eigenvalue weighted by molar-refractivity contribution is -0.137. The molecular formula is C21H20F3NO3. The molecule has 1 atom stereocenters. The zero-order valence-corrected chi connectivity index (χ0v) is 15.4. The Hall–Kier alpha value is -3.09. The number of rotatable bonds is 3. The van der Waals surface area contributed by atoms with Crippen molar-refractivity contribution in [2.45, 2.75) is 26.1 Å². The van der Waals surface area contributed by atoms with E-state index in [-0.39, 0.29) is 6.54 Å². The fourth-order valence-electron chi connectivity index (χ4n) is 2.52. The molecule has 1 heterocycles. The summed E-state index contributed by atoms with van der Waals surface area (Å²) in [6.45, 7) is 4.08. The molecule has 2 aromatic rings. The summed E-state index contributed by atoms with van der Waals surface area (Å²) in [7, 11) is 0. The van der Waals surface area contributed by atoms with Gasteiger partial charge < -0.3 is 4.74 Å². The number of benzene rings is 2. The van der Waals surface area contributed by atoms with E-state index in [2.05, 4.69) is 0 Å². The summed E-state index contributed by atoms with van der Waals surface area (Å²) >= 11 is 0. The second kappa shape index (κ2) is 9.21. The Morgan fingerprint density at radius 1 is 1.07 bits per heavy atom. The summed E-state index contributed by atoms with van der Waals surface area (Å²) in [6.07, 6.45) is -3.21. The molecule has 1 aliphatic rings. The van der Waals surface area contributed by atoms with Gasteiger partial charge in [0.1, 0.15) is 6.10 Å². The number of ether oxygens (including phenoxy) is 1. The zero-order chi connectivity index (χ0) is 20.7. The lowest BCUT2D eigenvalue weighted by Crippen LogP contribution is -2.30. The van der Waals surface area contributed by atoms with Gasteiger partial charge in [0, 0.05) is 6.08 Å². The van der Waals surface area contributed by atoms with E-state index in [1.807, 2.05) is 19.9 Å². The van der Waals surface area contributed by atoms with Crippen molar-refractivity contribution in [1.29, 1.82) is 0 Å². The summed E-state index contributed by atoms with van der Waals surface area (Å²) in [4.78, 5) is 25.0. The number of nitrogens with zero attached hydrogens (tertiary/aromatic N) is 1. The summed E-state index contributed by atoms with van der Waals surface area (Å²) in [5.74, 6) is -0.590.